The van der Waals surface area contributed by atoms with Crippen LogP contribution in [0.2, 0.25) is 5.15 Å². The van der Waals surface area contributed by atoms with Crippen molar-refractivity contribution < 1.29 is 0 Å². The number of nitrogens with zero attached hydrogens (tertiary/aromatic N) is 1. The molecule has 21 heavy (non-hydrogen) atoms. The van der Waals surface area contributed by atoms with Gasteiger partial charge in [0.1, 0.15) is 5.15 Å². The zero-order chi connectivity index (χ0) is 14.7. The van der Waals surface area contributed by atoms with Crippen molar-refractivity contribution >= 4 is 11.6 Å². The molecular weight excluding hydrogens is 278 g/mol. The SMILES string of the molecule is CCc1ccc(-c2cc(Cl)nc(-c3ccccc3)c2)cc1. The topological polar surface area (TPSA) is 12.9 Å². The molecule has 0 N–H and O–H groups in total. The van der Waals surface area contributed by atoms with Crippen LogP contribution in [0.15, 0.2) is 66.7 Å². The van der Waals surface area contributed by atoms with Crippen molar-refractivity contribution in [1.29, 1.82) is 0 Å². The van der Waals surface area contributed by atoms with Gasteiger partial charge in [-0.2, -0.15) is 0 Å². The van der Waals surface area contributed by atoms with E-state index < -0.39 is 0 Å². The molecule has 0 aliphatic heterocycles. The van der Waals surface area contributed by atoms with E-state index in [-0.39, 0.29) is 0 Å². The van der Waals surface area contributed by atoms with Crippen LogP contribution in [0.5, 0.6) is 0 Å². The maximum absolute atomic E-state index is 6.20. The summed E-state index contributed by atoms with van der Waals surface area (Å²) in [5.41, 5.74) is 5.57. The molecule has 104 valence electrons. The summed E-state index contributed by atoms with van der Waals surface area (Å²) >= 11 is 6.20. The van der Waals surface area contributed by atoms with E-state index >= 15 is 0 Å². The van der Waals surface area contributed by atoms with Gasteiger partial charge in [-0.1, -0.05) is 73.1 Å². The lowest BCUT2D eigenvalue weighted by Crippen LogP contribution is -1.88. The van der Waals surface area contributed by atoms with E-state index in [1.807, 2.05) is 36.4 Å². The van der Waals surface area contributed by atoms with Crippen LogP contribution in [0.1, 0.15) is 12.5 Å². The van der Waals surface area contributed by atoms with E-state index in [2.05, 4.69) is 42.2 Å². The summed E-state index contributed by atoms with van der Waals surface area (Å²) in [6, 6.07) is 22.7. The van der Waals surface area contributed by atoms with Gasteiger partial charge in [-0.05, 0) is 35.2 Å². The minimum Gasteiger partial charge on any atom is -0.236 e. The van der Waals surface area contributed by atoms with Crippen molar-refractivity contribution in [2.24, 2.45) is 0 Å². The average Bonchev–Trinajstić information content (AvgIpc) is 2.55. The van der Waals surface area contributed by atoms with Crippen molar-refractivity contribution in [3.8, 4) is 22.4 Å². The van der Waals surface area contributed by atoms with Crippen LogP contribution in [-0.2, 0) is 6.42 Å². The highest BCUT2D eigenvalue weighted by Gasteiger charge is 2.05. The summed E-state index contributed by atoms with van der Waals surface area (Å²) in [6.07, 6.45) is 1.05. The molecule has 0 aliphatic carbocycles. The molecule has 1 heterocycles. The minimum atomic E-state index is 0.519. The van der Waals surface area contributed by atoms with Crippen LogP contribution in [0.3, 0.4) is 0 Å². The largest absolute Gasteiger partial charge is 0.236 e. The Morgan fingerprint density at radius 2 is 1.52 bits per heavy atom. The smallest absolute Gasteiger partial charge is 0.130 e. The molecule has 0 radical (unpaired) electrons. The molecule has 2 aromatic carbocycles. The van der Waals surface area contributed by atoms with Gasteiger partial charge < -0.3 is 0 Å². The van der Waals surface area contributed by atoms with E-state index in [0.29, 0.717) is 5.15 Å². The lowest BCUT2D eigenvalue weighted by atomic mass is 10.0. The number of halogens is 1. The Bertz CT molecular complexity index is 733. The summed E-state index contributed by atoms with van der Waals surface area (Å²) in [4.78, 5) is 4.43. The summed E-state index contributed by atoms with van der Waals surface area (Å²) < 4.78 is 0. The number of hydrogen-bond donors (Lipinski definition) is 0. The maximum atomic E-state index is 6.20. The van der Waals surface area contributed by atoms with Gasteiger partial charge in [0.2, 0.25) is 0 Å². The van der Waals surface area contributed by atoms with Gasteiger partial charge in [-0.3, -0.25) is 0 Å². The van der Waals surface area contributed by atoms with Crippen molar-refractivity contribution in [1.82, 2.24) is 4.98 Å². The third kappa shape index (κ3) is 3.14. The van der Waals surface area contributed by atoms with Crippen LogP contribution in [0.25, 0.3) is 22.4 Å². The Balaban J connectivity index is 2.05. The predicted octanol–water partition coefficient (Wildman–Crippen LogP) is 5.63. The van der Waals surface area contributed by atoms with Gasteiger partial charge in [0.05, 0.1) is 5.69 Å². The fraction of sp³-hybridized carbons (Fsp3) is 0.105. The molecule has 0 spiro atoms. The van der Waals surface area contributed by atoms with E-state index in [0.717, 1.165) is 28.8 Å². The van der Waals surface area contributed by atoms with E-state index in [1.165, 1.54) is 5.56 Å². The number of aromatic nitrogens is 1. The molecule has 0 aliphatic rings. The van der Waals surface area contributed by atoms with Crippen LogP contribution in [-0.4, -0.2) is 4.98 Å². The summed E-state index contributed by atoms with van der Waals surface area (Å²) in [7, 11) is 0. The zero-order valence-corrected chi connectivity index (χ0v) is 12.6. The van der Waals surface area contributed by atoms with Crippen LogP contribution in [0, 0.1) is 0 Å². The molecule has 1 nitrogen and oxygen atoms in total. The summed E-state index contributed by atoms with van der Waals surface area (Å²) in [5, 5.41) is 0.519. The molecule has 0 amide bonds. The molecular formula is C19H16ClN. The Morgan fingerprint density at radius 3 is 2.19 bits per heavy atom. The van der Waals surface area contributed by atoms with E-state index in [4.69, 9.17) is 11.6 Å². The first-order valence-electron chi connectivity index (χ1n) is 7.08. The Morgan fingerprint density at radius 1 is 0.810 bits per heavy atom. The van der Waals surface area contributed by atoms with Gasteiger partial charge in [0.15, 0.2) is 0 Å². The van der Waals surface area contributed by atoms with Gasteiger partial charge in [-0.15, -0.1) is 0 Å². The third-order valence-electron chi connectivity index (χ3n) is 3.56. The second-order valence-corrected chi connectivity index (χ2v) is 5.37. The second kappa shape index (κ2) is 6.11. The van der Waals surface area contributed by atoms with Gasteiger partial charge >= 0.3 is 0 Å². The Kier molecular flexibility index (Phi) is 4.03. The fourth-order valence-corrected chi connectivity index (χ4v) is 2.56. The molecule has 3 rings (SSSR count). The Hall–Kier alpha value is -2.12. The quantitative estimate of drug-likeness (QED) is 0.570. The summed E-state index contributed by atoms with van der Waals surface area (Å²) in [5.74, 6) is 0. The minimum absolute atomic E-state index is 0.519. The van der Waals surface area contributed by atoms with Gasteiger partial charge in [0, 0.05) is 5.56 Å². The lowest BCUT2D eigenvalue weighted by molar-refractivity contribution is 1.14. The molecule has 0 unspecified atom stereocenters. The first-order valence-corrected chi connectivity index (χ1v) is 7.46. The molecule has 3 aromatic rings. The zero-order valence-electron chi connectivity index (χ0n) is 11.9. The first-order chi connectivity index (χ1) is 10.3. The molecule has 2 heteroatoms. The first kappa shape index (κ1) is 13.8. The number of pyridine rings is 1. The normalized spacial score (nSPS) is 10.6. The third-order valence-corrected chi connectivity index (χ3v) is 3.75. The number of aryl methyl sites for hydroxylation is 1. The van der Waals surface area contributed by atoms with Gasteiger partial charge in [0.25, 0.3) is 0 Å². The highest BCUT2D eigenvalue weighted by molar-refractivity contribution is 6.29. The van der Waals surface area contributed by atoms with E-state index in [1.54, 1.807) is 0 Å². The highest BCUT2D eigenvalue weighted by Crippen LogP contribution is 2.27. The van der Waals surface area contributed by atoms with Crippen molar-refractivity contribution in [2.45, 2.75) is 13.3 Å². The second-order valence-electron chi connectivity index (χ2n) is 4.98. The van der Waals surface area contributed by atoms with Crippen molar-refractivity contribution in [3.05, 3.63) is 77.4 Å². The van der Waals surface area contributed by atoms with Crippen LogP contribution >= 0.6 is 11.6 Å². The average molecular weight is 294 g/mol. The molecule has 0 atom stereocenters. The standard InChI is InChI=1S/C19H16ClN/c1-2-14-8-10-15(11-9-14)17-12-18(21-19(20)13-17)16-6-4-3-5-7-16/h3-13H,2H2,1H3. The summed E-state index contributed by atoms with van der Waals surface area (Å²) in [6.45, 7) is 2.16. The molecule has 0 bridgehead atoms. The van der Waals surface area contributed by atoms with Crippen molar-refractivity contribution in [2.75, 3.05) is 0 Å². The molecule has 0 saturated carbocycles. The molecule has 1 aromatic heterocycles. The number of rotatable bonds is 3. The van der Waals surface area contributed by atoms with Gasteiger partial charge in [-0.25, -0.2) is 4.98 Å². The lowest BCUT2D eigenvalue weighted by Gasteiger charge is -2.07. The fourth-order valence-electron chi connectivity index (χ4n) is 2.35. The maximum Gasteiger partial charge on any atom is 0.130 e. The van der Waals surface area contributed by atoms with E-state index in [9.17, 15) is 0 Å². The monoisotopic (exact) mass is 293 g/mol. The highest BCUT2D eigenvalue weighted by atomic mass is 35.5. The van der Waals surface area contributed by atoms with Crippen LogP contribution in [0.4, 0.5) is 0 Å². The van der Waals surface area contributed by atoms with Crippen molar-refractivity contribution in [3.63, 3.8) is 0 Å². The predicted molar refractivity (Wildman–Crippen MR) is 89.5 cm³/mol. The number of hydrogen-bond acceptors (Lipinski definition) is 1. The number of benzene rings is 2. The Labute approximate surface area is 130 Å². The molecule has 0 saturated heterocycles. The van der Waals surface area contributed by atoms with Crippen LogP contribution < -0.4 is 0 Å². The molecule has 0 fully saturated rings.